The van der Waals surface area contributed by atoms with Gasteiger partial charge in [0, 0.05) is 30.2 Å². The first kappa shape index (κ1) is 19.9. The molecule has 150 valence electrons. The number of carbonyl (C=O) groups excluding carboxylic acids is 4. The van der Waals surface area contributed by atoms with E-state index in [2.05, 4.69) is 0 Å². The van der Waals surface area contributed by atoms with Gasteiger partial charge in [0.2, 0.25) is 11.5 Å². The van der Waals surface area contributed by atoms with Gasteiger partial charge in [0.1, 0.15) is 6.61 Å². The Bertz CT molecular complexity index is 881. The van der Waals surface area contributed by atoms with E-state index >= 15 is 0 Å². The van der Waals surface area contributed by atoms with Crippen LogP contribution in [0.1, 0.15) is 62.7 Å². The number of ether oxygens (including phenoxy) is 3. The summed E-state index contributed by atoms with van der Waals surface area (Å²) in [4.78, 5) is 49.4. The van der Waals surface area contributed by atoms with Crippen LogP contribution in [0.15, 0.2) is 23.9 Å². The average molecular weight is 389 g/mol. The number of hydrogen-bond acceptors (Lipinski definition) is 7. The van der Waals surface area contributed by atoms with Gasteiger partial charge in [-0.3, -0.25) is 14.2 Å². The molecule has 3 atom stereocenters. The maximum Gasteiger partial charge on any atom is 0.350 e. The Morgan fingerprint density at radius 2 is 2.04 bits per heavy atom. The standard InChI is InChI=1S/C20H23NO7/c1-5-13-8-11(2)20(4,28-12(3)22)19(25)26-10-14-6-7-21-16(23)9-15(17(14)21)27-18(13)24/h5-7,11,15H,8-10H2,1-4H3/t11-,15+,20+/m0/s1. The number of aromatic nitrogens is 1. The molecule has 1 aromatic rings. The van der Waals surface area contributed by atoms with Crippen molar-refractivity contribution in [1.82, 2.24) is 4.57 Å². The molecule has 0 aliphatic carbocycles. The molecule has 8 nitrogen and oxygen atoms in total. The van der Waals surface area contributed by atoms with Crippen LogP contribution in [0, 0.1) is 5.92 Å². The van der Waals surface area contributed by atoms with Crippen LogP contribution in [0.4, 0.5) is 0 Å². The molecule has 0 N–H and O–H groups in total. The zero-order chi connectivity index (χ0) is 20.6. The van der Waals surface area contributed by atoms with Crippen molar-refractivity contribution in [3.05, 3.63) is 35.2 Å². The third-order valence-electron chi connectivity index (χ3n) is 5.39. The maximum absolute atomic E-state index is 12.8. The third-order valence-corrected chi connectivity index (χ3v) is 5.39. The van der Waals surface area contributed by atoms with E-state index in [1.165, 1.54) is 18.4 Å². The molecule has 2 aliphatic rings. The first-order chi connectivity index (χ1) is 13.2. The highest BCUT2D eigenvalue weighted by atomic mass is 16.6. The summed E-state index contributed by atoms with van der Waals surface area (Å²) >= 11 is 0. The zero-order valence-electron chi connectivity index (χ0n) is 16.3. The SMILES string of the molecule is CC=C1C[C@H](C)[C@@](C)(OC(C)=O)C(=O)OCc2ccn3c2[C@@H](CC3=O)OC1=O. The second kappa shape index (κ2) is 7.26. The lowest BCUT2D eigenvalue weighted by Gasteiger charge is -2.33. The van der Waals surface area contributed by atoms with E-state index in [9.17, 15) is 19.2 Å². The molecule has 2 aliphatic heterocycles. The van der Waals surface area contributed by atoms with Gasteiger partial charge >= 0.3 is 17.9 Å². The predicted octanol–water partition coefficient (Wildman–Crippen LogP) is 2.47. The van der Waals surface area contributed by atoms with Crippen molar-refractivity contribution in [3.63, 3.8) is 0 Å². The van der Waals surface area contributed by atoms with Crippen molar-refractivity contribution >= 4 is 23.8 Å². The van der Waals surface area contributed by atoms with Crippen LogP contribution >= 0.6 is 0 Å². The van der Waals surface area contributed by atoms with Gasteiger partial charge < -0.3 is 14.2 Å². The number of carbonyl (C=O) groups is 4. The molecule has 0 radical (unpaired) electrons. The summed E-state index contributed by atoms with van der Waals surface area (Å²) in [7, 11) is 0. The third kappa shape index (κ3) is 3.34. The summed E-state index contributed by atoms with van der Waals surface area (Å²) in [5, 5.41) is 0. The van der Waals surface area contributed by atoms with Gasteiger partial charge in [-0.05, 0) is 26.3 Å². The van der Waals surface area contributed by atoms with Crippen molar-refractivity contribution in [3.8, 4) is 0 Å². The van der Waals surface area contributed by atoms with E-state index < -0.39 is 35.5 Å². The minimum atomic E-state index is -1.57. The summed E-state index contributed by atoms with van der Waals surface area (Å²) in [6, 6.07) is 1.65. The lowest BCUT2D eigenvalue weighted by molar-refractivity contribution is -0.187. The highest BCUT2D eigenvalue weighted by Crippen LogP contribution is 2.36. The fraction of sp³-hybridized carbons (Fsp3) is 0.500. The Morgan fingerprint density at radius 3 is 2.68 bits per heavy atom. The number of cyclic esters (lactones) is 1. The average Bonchev–Trinajstić information content (AvgIpc) is 3.17. The number of rotatable bonds is 1. The molecule has 0 saturated heterocycles. The number of esters is 3. The van der Waals surface area contributed by atoms with Crippen LogP contribution < -0.4 is 0 Å². The summed E-state index contributed by atoms with van der Waals surface area (Å²) in [6.45, 7) is 5.95. The molecular weight excluding hydrogens is 366 g/mol. The van der Waals surface area contributed by atoms with E-state index in [4.69, 9.17) is 14.2 Å². The molecule has 0 aromatic carbocycles. The Kier molecular flexibility index (Phi) is 5.14. The van der Waals surface area contributed by atoms with E-state index in [0.717, 1.165) is 0 Å². The van der Waals surface area contributed by atoms with Gasteiger partial charge in [0.15, 0.2) is 6.10 Å². The molecule has 1 aromatic heterocycles. The molecule has 8 heteroatoms. The maximum atomic E-state index is 12.8. The van der Waals surface area contributed by atoms with Crippen molar-refractivity contribution in [2.45, 2.75) is 58.8 Å². The quantitative estimate of drug-likeness (QED) is 0.413. The van der Waals surface area contributed by atoms with Crippen LogP contribution in [-0.4, -0.2) is 34.0 Å². The predicted molar refractivity (Wildman–Crippen MR) is 96.0 cm³/mol. The van der Waals surface area contributed by atoms with Crippen LogP contribution in [0.25, 0.3) is 0 Å². The van der Waals surface area contributed by atoms with Crippen molar-refractivity contribution < 1.29 is 33.4 Å². The first-order valence-electron chi connectivity index (χ1n) is 9.13. The van der Waals surface area contributed by atoms with Gasteiger partial charge in [-0.2, -0.15) is 0 Å². The van der Waals surface area contributed by atoms with Gasteiger partial charge in [0.25, 0.3) is 0 Å². The highest BCUT2D eigenvalue weighted by molar-refractivity contribution is 5.91. The number of hydrogen-bond donors (Lipinski definition) is 0. The van der Waals surface area contributed by atoms with E-state index in [0.29, 0.717) is 16.8 Å². The Hall–Kier alpha value is -2.90. The summed E-state index contributed by atoms with van der Waals surface area (Å²) in [5.41, 5.74) is -0.169. The van der Waals surface area contributed by atoms with Gasteiger partial charge in [-0.15, -0.1) is 0 Å². The fourth-order valence-electron chi connectivity index (χ4n) is 3.61. The Morgan fingerprint density at radius 1 is 1.32 bits per heavy atom. The number of allylic oxidation sites excluding steroid dienone is 1. The Labute approximate surface area is 162 Å². The van der Waals surface area contributed by atoms with E-state index in [1.807, 2.05) is 0 Å². The zero-order valence-corrected chi connectivity index (χ0v) is 16.3. The van der Waals surface area contributed by atoms with Crippen LogP contribution in [0.2, 0.25) is 0 Å². The van der Waals surface area contributed by atoms with Crippen molar-refractivity contribution in [2.24, 2.45) is 5.92 Å². The monoisotopic (exact) mass is 389 g/mol. The van der Waals surface area contributed by atoms with Crippen molar-refractivity contribution in [1.29, 1.82) is 0 Å². The molecule has 3 heterocycles. The van der Waals surface area contributed by atoms with E-state index in [1.54, 1.807) is 32.2 Å². The summed E-state index contributed by atoms with van der Waals surface area (Å²) < 4.78 is 17.8. The minimum absolute atomic E-state index is 0.0422. The summed E-state index contributed by atoms with van der Waals surface area (Å²) in [6.07, 6.45) is 2.62. The normalized spacial score (nSPS) is 29.4. The molecule has 0 bridgehead atoms. The molecule has 3 rings (SSSR count). The smallest absolute Gasteiger partial charge is 0.350 e. The molecule has 0 unspecified atom stereocenters. The van der Waals surface area contributed by atoms with Crippen molar-refractivity contribution in [2.75, 3.05) is 0 Å². The highest BCUT2D eigenvalue weighted by Gasteiger charge is 2.46. The second-order valence-corrected chi connectivity index (χ2v) is 7.28. The van der Waals surface area contributed by atoms with Crippen LogP contribution in [0.5, 0.6) is 0 Å². The largest absolute Gasteiger partial charge is 0.458 e. The van der Waals surface area contributed by atoms with Gasteiger partial charge in [-0.1, -0.05) is 13.0 Å². The second-order valence-electron chi connectivity index (χ2n) is 7.28. The van der Waals surface area contributed by atoms with Gasteiger partial charge in [0.05, 0.1) is 12.1 Å². The Balaban J connectivity index is 2.04. The molecule has 28 heavy (non-hydrogen) atoms. The lowest BCUT2D eigenvalue weighted by atomic mass is 9.85. The lowest BCUT2D eigenvalue weighted by Crippen LogP contribution is -2.47. The molecule has 0 amide bonds. The van der Waals surface area contributed by atoms with Gasteiger partial charge in [-0.25, -0.2) is 9.59 Å². The molecular formula is C20H23NO7. The topological polar surface area (TPSA) is 101 Å². The molecule has 0 spiro atoms. The van der Waals surface area contributed by atoms with Crippen LogP contribution in [-0.2, 0) is 35.2 Å². The first-order valence-corrected chi connectivity index (χ1v) is 9.13. The minimum Gasteiger partial charge on any atom is -0.458 e. The summed E-state index contributed by atoms with van der Waals surface area (Å²) in [5.74, 6) is -2.64. The van der Waals surface area contributed by atoms with Crippen LogP contribution in [0.3, 0.4) is 0 Å². The number of nitrogens with zero attached hydrogens (tertiary/aromatic N) is 1. The molecule has 0 saturated carbocycles. The van der Waals surface area contributed by atoms with E-state index in [-0.39, 0.29) is 25.4 Å². The molecule has 0 fully saturated rings. The fourth-order valence-corrected chi connectivity index (χ4v) is 3.61.